The van der Waals surface area contributed by atoms with Gasteiger partial charge in [0.1, 0.15) is 5.75 Å². The van der Waals surface area contributed by atoms with E-state index in [2.05, 4.69) is 16.0 Å². The van der Waals surface area contributed by atoms with Gasteiger partial charge in [-0.05, 0) is 75.0 Å². The normalized spacial score (nSPS) is 16.2. The zero-order valence-electron chi connectivity index (χ0n) is 22.9. The van der Waals surface area contributed by atoms with Crippen LogP contribution in [0.25, 0.3) is 0 Å². The highest BCUT2D eigenvalue weighted by molar-refractivity contribution is 6.01. The summed E-state index contributed by atoms with van der Waals surface area (Å²) in [5, 5.41) is 18.2. The number of carbonyl (C=O) groups excluding carboxylic acids is 3. The van der Waals surface area contributed by atoms with Gasteiger partial charge in [0, 0.05) is 24.8 Å². The number of carbonyl (C=O) groups is 4. The minimum atomic E-state index is -0.849. The molecule has 0 unspecified atom stereocenters. The van der Waals surface area contributed by atoms with E-state index >= 15 is 0 Å². The lowest BCUT2D eigenvalue weighted by Gasteiger charge is -2.38. The van der Waals surface area contributed by atoms with Crippen molar-refractivity contribution in [2.24, 2.45) is 5.92 Å². The summed E-state index contributed by atoms with van der Waals surface area (Å²) >= 11 is 0. The molecule has 0 aromatic heterocycles. The first-order valence-corrected chi connectivity index (χ1v) is 13.6. The van der Waals surface area contributed by atoms with E-state index < -0.39 is 17.9 Å². The second-order valence-corrected chi connectivity index (χ2v) is 10.2. The minimum absolute atomic E-state index is 0.0205. The number of rotatable bonds is 7. The molecule has 5 amide bonds. The molecule has 0 spiro atoms. The van der Waals surface area contributed by atoms with Gasteiger partial charge in [0.25, 0.3) is 0 Å². The van der Waals surface area contributed by atoms with Crippen LogP contribution in [0.3, 0.4) is 0 Å². The van der Waals surface area contributed by atoms with Crippen LogP contribution in [-0.4, -0.2) is 78.2 Å². The number of hydrogen-bond donors (Lipinski definition) is 4. The zero-order valence-corrected chi connectivity index (χ0v) is 22.9. The highest BCUT2D eigenvalue weighted by Crippen LogP contribution is 2.28. The second-order valence-electron chi connectivity index (χ2n) is 10.2. The number of urea groups is 2. The molecule has 2 saturated heterocycles. The van der Waals surface area contributed by atoms with Crippen LogP contribution in [0.2, 0.25) is 0 Å². The molecule has 11 heteroatoms. The predicted molar refractivity (Wildman–Crippen MR) is 151 cm³/mol. The summed E-state index contributed by atoms with van der Waals surface area (Å²) in [6.07, 6.45) is 2.04. The molecule has 40 heavy (non-hydrogen) atoms. The molecular formula is C29H37N5O6. The van der Waals surface area contributed by atoms with Crippen molar-refractivity contribution in [2.45, 2.75) is 45.1 Å². The molecule has 0 radical (unpaired) electrons. The Labute approximate surface area is 233 Å². The molecule has 0 saturated carbocycles. The van der Waals surface area contributed by atoms with Crippen LogP contribution in [0, 0.1) is 12.8 Å². The van der Waals surface area contributed by atoms with E-state index in [0.717, 1.165) is 5.56 Å². The SMILES string of the molecule is COc1cc(CC(=O)N(C(=O)N2CCC(C(=O)O)CC2)C2CCNCC2)ccc1NC(=O)Nc1ccccc1C. The van der Waals surface area contributed by atoms with Crippen molar-refractivity contribution in [3.05, 3.63) is 53.6 Å². The number of imide groups is 1. The van der Waals surface area contributed by atoms with Gasteiger partial charge in [-0.3, -0.25) is 14.5 Å². The summed E-state index contributed by atoms with van der Waals surface area (Å²) in [6.45, 7) is 3.94. The molecule has 2 aromatic rings. The van der Waals surface area contributed by atoms with Crippen LogP contribution in [0.15, 0.2) is 42.5 Å². The topological polar surface area (TPSA) is 140 Å². The fourth-order valence-corrected chi connectivity index (χ4v) is 5.20. The molecule has 4 rings (SSSR count). The first-order chi connectivity index (χ1) is 19.3. The lowest BCUT2D eigenvalue weighted by molar-refractivity contribution is -0.143. The molecule has 4 N–H and O–H groups in total. The molecule has 2 aromatic carbocycles. The van der Waals surface area contributed by atoms with Gasteiger partial charge in [-0.2, -0.15) is 0 Å². The number of carboxylic acids is 1. The third-order valence-electron chi connectivity index (χ3n) is 7.53. The number of anilines is 2. The van der Waals surface area contributed by atoms with Crippen molar-refractivity contribution < 1.29 is 29.0 Å². The fraction of sp³-hybridized carbons (Fsp3) is 0.448. The van der Waals surface area contributed by atoms with Gasteiger partial charge < -0.3 is 30.7 Å². The highest BCUT2D eigenvalue weighted by Gasteiger charge is 2.36. The third-order valence-corrected chi connectivity index (χ3v) is 7.53. The smallest absolute Gasteiger partial charge is 0.326 e. The standard InChI is InChI=1S/C29H37N5O6/c1-19-5-3-4-6-23(19)31-28(38)32-24-8-7-20(17-25(24)40-2)18-26(35)34(22-9-13-30-14-10-22)29(39)33-15-11-21(12-16-33)27(36)37/h3-8,17,21-22,30H,9-16,18H2,1-2H3,(H,36,37)(H2,31,32,38). The third kappa shape index (κ3) is 7.09. The number of amides is 5. The first kappa shape index (κ1) is 28.9. The minimum Gasteiger partial charge on any atom is -0.495 e. The van der Waals surface area contributed by atoms with E-state index in [9.17, 15) is 24.3 Å². The average Bonchev–Trinajstić information content (AvgIpc) is 2.95. The summed E-state index contributed by atoms with van der Waals surface area (Å²) in [7, 11) is 1.48. The van der Waals surface area contributed by atoms with Gasteiger partial charge in [-0.15, -0.1) is 0 Å². The number of aliphatic carboxylic acids is 1. The molecular weight excluding hydrogens is 514 g/mol. The number of hydrogen-bond acceptors (Lipinski definition) is 6. The molecule has 0 bridgehead atoms. The summed E-state index contributed by atoms with van der Waals surface area (Å²) < 4.78 is 5.49. The first-order valence-electron chi connectivity index (χ1n) is 13.6. The Morgan fingerprint density at radius 1 is 1.00 bits per heavy atom. The number of likely N-dealkylation sites (tertiary alicyclic amines) is 1. The molecule has 2 aliphatic rings. The summed E-state index contributed by atoms with van der Waals surface area (Å²) in [5.74, 6) is -1.25. The Balaban J connectivity index is 1.45. The molecule has 0 aliphatic carbocycles. The molecule has 2 aliphatic heterocycles. The lowest BCUT2D eigenvalue weighted by atomic mass is 9.97. The van der Waals surface area contributed by atoms with Crippen molar-refractivity contribution >= 4 is 35.3 Å². The number of piperidine rings is 2. The molecule has 2 heterocycles. The highest BCUT2D eigenvalue weighted by atomic mass is 16.5. The van der Waals surface area contributed by atoms with Crippen LogP contribution in [-0.2, 0) is 16.0 Å². The van der Waals surface area contributed by atoms with Crippen LogP contribution in [0.5, 0.6) is 5.75 Å². The number of para-hydroxylation sites is 1. The molecule has 2 fully saturated rings. The van der Waals surface area contributed by atoms with Crippen molar-refractivity contribution in [1.82, 2.24) is 15.1 Å². The Morgan fingerprint density at radius 2 is 1.68 bits per heavy atom. The van der Waals surface area contributed by atoms with Crippen molar-refractivity contribution in [2.75, 3.05) is 43.9 Å². The quantitative estimate of drug-likeness (QED) is 0.411. The molecule has 214 valence electrons. The maximum atomic E-state index is 13.6. The summed E-state index contributed by atoms with van der Waals surface area (Å²) in [4.78, 5) is 54.1. The maximum absolute atomic E-state index is 13.6. The van der Waals surface area contributed by atoms with Gasteiger partial charge in [-0.1, -0.05) is 24.3 Å². The predicted octanol–water partition coefficient (Wildman–Crippen LogP) is 3.69. The van der Waals surface area contributed by atoms with E-state index in [0.29, 0.717) is 74.6 Å². The number of aryl methyl sites for hydroxylation is 1. The van der Waals surface area contributed by atoms with Crippen LogP contribution in [0.4, 0.5) is 21.0 Å². The monoisotopic (exact) mass is 551 g/mol. The van der Waals surface area contributed by atoms with E-state index in [-0.39, 0.29) is 24.4 Å². The van der Waals surface area contributed by atoms with E-state index in [1.165, 1.54) is 12.0 Å². The van der Waals surface area contributed by atoms with Gasteiger partial charge >= 0.3 is 18.0 Å². The number of carboxylic acid groups (broad SMARTS) is 1. The number of nitrogens with one attached hydrogen (secondary N) is 3. The number of nitrogens with zero attached hydrogens (tertiary/aromatic N) is 2. The van der Waals surface area contributed by atoms with Crippen LogP contribution >= 0.6 is 0 Å². The van der Waals surface area contributed by atoms with E-state index in [1.807, 2.05) is 31.2 Å². The Bertz CT molecular complexity index is 1240. The number of ether oxygens (including phenoxy) is 1. The van der Waals surface area contributed by atoms with Gasteiger partial charge in [0.2, 0.25) is 5.91 Å². The maximum Gasteiger partial charge on any atom is 0.326 e. The van der Waals surface area contributed by atoms with Gasteiger partial charge in [-0.25, -0.2) is 9.59 Å². The second kappa shape index (κ2) is 13.3. The fourth-order valence-electron chi connectivity index (χ4n) is 5.20. The Morgan fingerprint density at radius 3 is 2.33 bits per heavy atom. The van der Waals surface area contributed by atoms with Crippen molar-refractivity contribution in [3.63, 3.8) is 0 Å². The molecule has 11 nitrogen and oxygen atoms in total. The van der Waals surface area contributed by atoms with Crippen LogP contribution in [0.1, 0.15) is 36.8 Å². The average molecular weight is 552 g/mol. The zero-order chi connectivity index (χ0) is 28.6. The lowest BCUT2D eigenvalue weighted by Crippen LogP contribution is -2.55. The van der Waals surface area contributed by atoms with Gasteiger partial charge in [0.15, 0.2) is 0 Å². The Hall–Kier alpha value is -4.12. The van der Waals surface area contributed by atoms with E-state index in [1.54, 1.807) is 23.1 Å². The number of methoxy groups -OCH3 is 1. The van der Waals surface area contributed by atoms with Gasteiger partial charge in [0.05, 0.1) is 25.1 Å². The van der Waals surface area contributed by atoms with Crippen molar-refractivity contribution in [1.29, 1.82) is 0 Å². The van der Waals surface area contributed by atoms with E-state index in [4.69, 9.17) is 4.74 Å². The summed E-state index contributed by atoms with van der Waals surface area (Å²) in [5.41, 5.74) is 2.70. The molecule has 0 atom stereocenters. The number of benzene rings is 2. The summed E-state index contributed by atoms with van der Waals surface area (Å²) in [6, 6.07) is 11.5. The Kier molecular flexibility index (Phi) is 9.60. The largest absolute Gasteiger partial charge is 0.495 e. The van der Waals surface area contributed by atoms with Crippen molar-refractivity contribution in [3.8, 4) is 5.75 Å². The van der Waals surface area contributed by atoms with Crippen LogP contribution < -0.4 is 20.7 Å².